The van der Waals surface area contributed by atoms with E-state index in [-0.39, 0.29) is 33.0 Å². The van der Waals surface area contributed by atoms with Gasteiger partial charge in [-0.1, -0.05) is 103 Å². The number of nitrogens with one attached hydrogen (secondary N) is 1. The Hall–Kier alpha value is -6.42. The molecule has 0 aliphatic carbocycles. The molecule has 10 nitrogen and oxygen atoms in total. The van der Waals surface area contributed by atoms with Crippen molar-refractivity contribution in [1.29, 1.82) is 0 Å². The summed E-state index contributed by atoms with van der Waals surface area (Å²) in [5.41, 5.74) is 3.67. The number of hydrogen-bond acceptors (Lipinski definition) is 8. The first-order chi connectivity index (χ1) is 24.8. The average Bonchev–Trinajstić information content (AvgIpc) is 3.32. The van der Waals surface area contributed by atoms with Crippen LogP contribution in [0.2, 0.25) is 0 Å². The maximum atomic E-state index is 14.0. The van der Waals surface area contributed by atoms with Crippen molar-refractivity contribution in [3.8, 4) is 33.8 Å². The normalized spacial score (nSPS) is 14.1. The van der Waals surface area contributed by atoms with Crippen molar-refractivity contribution in [2.75, 3.05) is 19.9 Å². The van der Waals surface area contributed by atoms with Crippen LogP contribution in [0.5, 0.6) is 11.5 Å². The Labute approximate surface area is 294 Å². The van der Waals surface area contributed by atoms with E-state index in [1.165, 1.54) is 6.92 Å². The van der Waals surface area contributed by atoms with Crippen molar-refractivity contribution in [2.24, 2.45) is 0 Å². The highest BCUT2D eigenvalue weighted by Gasteiger charge is 2.41. The van der Waals surface area contributed by atoms with E-state index in [0.717, 1.165) is 32.7 Å². The van der Waals surface area contributed by atoms with Crippen molar-refractivity contribution in [2.45, 2.75) is 25.5 Å². The van der Waals surface area contributed by atoms with Gasteiger partial charge in [0.05, 0.1) is 17.7 Å². The maximum Gasteiger partial charge on any atom is 0.408 e. The molecule has 0 spiro atoms. The second kappa shape index (κ2) is 14.2. The van der Waals surface area contributed by atoms with Gasteiger partial charge in [0.25, 0.3) is 11.8 Å². The molecule has 0 aromatic heterocycles. The lowest BCUT2D eigenvalue weighted by molar-refractivity contribution is -0.151. The highest BCUT2D eigenvalue weighted by Crippen LogP contribution is 2.49. The fraction of sp³-hybridized carbons (Fsp3) is 0.171. The number of benzene rings is 5. The van der Waals surface area contributed by atoms with Crippen molar-refractivity contribution in [1.82, 2.24) is 10.2 Å². The van der Waals surface area contributed by atoms with Gasteiger partial charge >= 0.3 is 12.1 Å². The lowest BCUT2D eigenvalue weighted by Gasteiger charge is -2.29. The zero-order valence-corrected chi connectivity index (χ0v) is 27.8. The van der Waals surface area contributed by atoms with Crippen molar-refractivity contribution < 1.29 is 38.1 Å². The number of alkyl carbamates (subject to hydrolysis) is 1. The van der Waals surface area contributed by atoms with E-state index in [4.69, 9.17) is 18.9 Å². The molecule has 256 valence electrons. The molecule has 5 aromatic rings. The molecule has 1 N–H and O–H groups in total. The summed E-state index contributed by atoms with van der Waals surface area (Å²) < 4.78 is 23.5. The number of rotatable bonds is 11. The predicted octanol–water partition coefficient (Wildman–Crippen LogP) is 6.82. The molecule has 0 fully saturated rings. The second-order valence-corrected chi connectivity index (χ2v) is 12.4. The predicted molar refractivity (Wildman–Crippen MR) is 188 cm³/mol. The molecule has 3 aliphatic rings. The van der Waals surface area contributed by atoms with Crippen LogP contribution in [0.4, 0.5) is 4.79 Å². The van der Waals surface area contributed by atoms with E-state index in [9.17, 15) is 19.2 Å². The zero-order chi connectivity index (χ0) is 35.4. The lowest BCUT2D eigenvalue weighted by atomic mass is 9.86. The topological polar surface area (TPSA) is 120 Å². The number of carbonyl (C=O) groups excluding carboxylic acids is 4. The molecule has 51 heavy (non-hydrogen) atoms. The minimum atomic E-state index is -1.68. The number of esters is 1. The molecular formula is C41H34N2O8. The average molecular weight is 683 g/mol. The molecule has 3 amide bonds. The molecule has 2 bridgehead atoms. The number of imide groups is 1. The molecule has 10 heteroatoms. The van der Waals surface area contributed by atoms with Gasteiger partial charge in [0.1, 0.15) is 30.3 Å². The Morgan fingerprint density at radius 2 is 1.31 bits per heavy atom. The maximum absolute atomic E-state index is 14.0. The van der Waals surface area contributed by atoms with Crippen LogP contribution >= 0.6 is 0 Å². The summed E-state index contributed by atoms with van der Waals surface area (Å²) in [6, 6.07) is 37.0. The van der Waals surface area contributed by atoms with Gasteiger partial charge in [0, 0.05) is 23.1 Å². The lowest BCUT2D eigenvalue weighted by Crippen LogP contribution is -2.55. The van der Waals surface area contributed by atoms with Crippen LogP contribution in [0.25, 0.3) is 22.3 Å². The third-order valence-corrected chi connectivity index (χ3v) is 8.87. The highest BCUT2D eigenvalue weighted by atomic mass is 16.7. The highest BCUT2D eigenvalue weighted by molar-refractivity contribution is 6.21. The van der Waals surface area contributed by atoms with Gasteiger partial charge in [-0.3, -0.25) is 14.5 Å². The number of hydrogen-bond donors (Lipinski definition) is 1. The van der Waals surface area contributed by atoms with E-state index in [1.54, 1.807) is 24.3 Å². The Bertz CT molecular complexity index is 2070. The van der Waals surface area contributed by atoms with Gasteiger partial charge in [-0.15, -0.1) is 0 Å². The quantitative estimate of drug-likeness (QED) is 0.119. The van der Waals surface area contributed by atoms with Crippen LogP contribution in [0, 0.1) is 0 Å². The Morgan fingerprint density at radius 3 is 1.94 bits per heavy atom. The van der Waals surface area contributed by atoms with E-state index < -0.39 is 29.4 Å². The molecule has 3 aliphatic heterocycles. The summed E-state index contributed by atoms with van der Waals surface area (Å²) >= 11 is 0. The molecule has 3 heterocycles. The minimum absolute atomic E-state index is 0.0200. The summed E-state index contributed by atoms with van der Waals surface area (Å²) in [5.74, 6) is -0.680. The van der Waals surface area contributed by atoms with Gasteiger partial charge in [0.15, 0.2) is 0 Å². The largest absolute Gasteiger partial charge is 0.462 e. The van der Waals surface area contributed by atoms with Gasteiger partial charge in [0.2, 0.25) is 6.79 Å². The first-order valence-electron chi connectivity index (χ1n) is 16.5. The van der Waals surface area contributed by atoms with Gasteiger partial charge in [-0.05, 0) is 41.8 Å². The Balaban J connectivity index is 1.19. The summed E-state index contributed by atoms with van der Waals surface area (Å²) in [7, 11) is 0. The number of fused-ring (bicyclic) bond motifs is 5. The SMILES string of the molecule is C[C@@](Cc1cc2c(-c3ccccc3)c(-c3ccccc3)c1OCO2)(NC(=O)OCc1ccccc1)C(=O)OCCN1C(=O)c2ccccc2C1=O. The summed E-state index contributed by atoms with van der Waals surface area (Å²) in [6.45, 7) is 0.999. The molecule has 8 rings (SSSR count). The number of nitrogens with zero attached hydrogens (tertiary/aromatic N) is 1. The fourth-order valence-corrected chi connectivity index (χ4v) is 6.39. The van der Waals surface area contributed by atoms with Crippen LogP contribution in [0.15, 0.2) is 121 Å². The monoisotopic (exact) mass is 682 g/mol. The van der Waals surface area contributed by atoms with Crippen LogP contribution < -0.4 is 14.8 Å². The van der Waals surface area contributed by atoms with Gasteiger partial charge in [-0.25, -0.2) is 9.59 Å². The standard InChI is InChI=1S/C41H34N2O8/c1-41(42-40(47)49-25-27-13-5-2-6-14-27,39(46)48-22-21-43-37(44)31-19-11-12-20-32(31)38(43)45)24-30-23-33-34(28-15-7-3-8-16-28)35(36(30)51-26-50-33)29-17-9-4-10-18-29/h2-20,23H,21-22,24-26H2,1H3,(H,42,47)/t41-/m0/s1. The van der Waals surface area contributed by atoms with E-state index >= 15 is 0 Å². The van der Waals surface area contributed by atoms with Crippen LogP contribution in [-0.4, -0.2) is 54.3 Å². The Morgan fingerprint density at radius 1 is 0.745 bits per heavy atom. The van der Waals surface area contributed by atoms with E-state index in [1.807, 2.05) is 97.1 Å². The summed E-state index contributed by atoms with van der Waals surface area (Å²) in [5, 5.41) is 2.74. The van der Waals surface area contributed by atoms with E-state index in [0.29, 0.717) is 28.2 Å². The van der Waals surface area contributed by atoms with Gasteiger partial charge in [-0.2, -0.15) is 0 Å². The zero-order valence-electron chi connectivity index (χ0n) is 27.8. The summed E-state index contributed by atoms with van der Waals surface area (Å²) in [6.07, 6.45) is -0.906. The third-order valence-electron chi connectivity index (χ3n) is 8.87. The minimum Gasteiger partial charge on any atom is -0.462 e. The first kappa shape index (κ1) is 33.1. The molecule has 1 atom stereocenters. The first-order valence-corrected chi connectivity index (χ1v) is 16.5. The molecule has 0 saturated heterocycles. The third kappa shape index (κ3) is 6.76. The molecule has 5 aromatic carbocycles. The van der Waals surface area contributed by atoms with Crippen molar-refractivity contribution >= 4 is 23.9 Å². The van der Waals surface area contributed by atoms with Crippen molar-refractivity contribution in [3.63, 3.8) is 0 Å². The molecular weight excluding hydrogens is 648 g/mol. The van der Waals surface area contributed by atoms with Crippen molar-refractivity contribution in [3.05, 3.63) is 144 Å². The molecule has 0 unspecified atom stereocenters. The second-order valence-electron chi connectivity index (χ2n) is 12.4. The van der Waals surface area contributed by atoms with E-state index in [2.05, 4.69) is 5.32 Å². The van der Waals surface area contributed by atoms with Crippen LogP contribution in [0.3, 0.4) is 0 Å². The number of amides is 3. The molecule has 0 saturated carbocycles. The number of ether oxygens (including phenoxy) is 4. The van der Waals surface area contributed by atoms with Crippen LogP contribution in [-0.2, 0) is 27.3 Å². The van der Waals surface area contributed by atoms with Crippen LogP contribution in [0.1, 0.15) is 38.8 Å². The Kier molecular flexibility index (Phi) is 9.22. The smallest absolute Gasteiger partial charge is 0.408 e. The molecule has 0 radical (unpaired) electrons. The van der Waals surface area contributed by atoms with Gasteiger partial charge < -0.3 is 24.3 Å². The summed E-state index contributed by atoms with van der Waals surface area (Å²) in [4.78, 5) is 54.2. The fourth-order valence-electron chi connectivity index (χ4n) is 6.39. The number of carbonyl (C=O) groups is 4.